The summed E-state index contributed by atoms with van der Waals surface area (Å²) >= 11 is 0. The van der Waals surface area contributed by atoms with Gasteiger partial charge in [-0.1, -0.05) is 91.0 Å². The van der Waals surface area contributed by atoms with Crippen LogP contribution in [0.4, 0.5) is 0 Å². The Labute approximate surface area is 142 Å². The number of carbonyl (C=O) groups is 1. The molecule has 0 fully saturated rings. The fraction of sp³-hybridized carbons (Fsp3) is 0.136. The van der Waals surface area contributed by atoms with E-state index in [0.717, 1.165) is 16.7 Å². The molecule has 0 amide bonds. The van der Waals surface area contributed by atoms with Crippen molar-refractivity contribution in [1.29, 1.82) is 0 Å². The predicted octanol–water partition coefficient (Wildman–Crippen LogP) is 5.12. The summed E-state index contributed by atoms with van der Waals surface area (Å²) in [5, 5.41) is 0. The molecule has 0 aliphatic heterocycles. The number of esters is 1. The highest BCUT2D eigenvalue weighted by Gasteiger charge is 2.25. The monoisotopic (exact) mass is 316 g/mol. The number of hydrogen-bond donors (Lipinski definition) is 0. The fourth-order valence-corrected chi connectivity index (χ4v) is 2.79. The molecule has 0 saturated carbocycles. The minimum Gasteiger partial charge on any atom is -0.457 e. The van der Waals surface area contributed by atoms with E-state index >= 15 is 0 Å². The molecule has 0 saturated heterocycles. The highest BCUT2D eigenvalue weighted by Crippen LogP contribution is 2.28. The summed E-state index contributed by atoms with van der Waals surface area (Å²) in [4.78, 5) is 12.9. The first-order valence-electron chi connectivity index (χ1n) is 8.11. The summed E-state index contributed by atoms with van der Waals surface area (Å²) in [5.41, 5.74) is 2.87. The van der Waals surface area contributed by atoms with Crippen LogP contribution in [-0.2, 0) is 9.53 Å². The van der Waals surface area contributed by atoms with E-state index in [9.17, 15) is 4.79 Å². The number of carbonyl (C=O) groups excluding carboxylic acids is 1. The normalized spacial score (nSPS) is 11.9. The average Bonchev–Trinajstić information content (AvgIpc) is 2.64. The molecule has 0 heterocycles. The molecule has 1 atom stereocenters. The first kappa shape index (κ1) is 16.0. The van der Waals surface area contributed by atoms with E-state index in [4.69, 9.17) is 4.74 Å². The largest absolute Gasteiger partial charge is 0.457 e. The first-order valence-corrected chi connectivity index (χ1v) is 8.11. The Morgan fingerprint density at radius 2 is 1.04 bits per heavy atom. The third kappa shape index (κ3) is 3.72. The Balaban J connectivity index is 1.87. The Morgan fingerprint density at radius 1 is 0.667 bits per heavy atom. The van der Waals surface area contributed by atoms with Gasteiger partial charge in [-0.25, -0.2) is 0 Å². The number of rotatable bonds is 5. The molecule has 0 bridgehead atoms. The van der Waals surface area contributed by atoms with Gasteiger partial charge in [0.05, 0.1) is 0 Å². The molecule has 0 aliphatic rings. The zero-order valence-electron chi connectivity index (χ0n) is 13.6. The van der Waals surface area contributed by atoms with Crippen molar-refractivity contribution in [3.63, 3.8) is 0 Å². The Kier molecular flexibility index (Phi) is 5.07. The van der Waals surface area contributed by atoms with Crippen LogP contribution in [0.3, 0.4) is 0 Å². The Morgan fingerprint density at radius 3 is 1.46 bits per heavy atom. The van der Waals surface area contributed by atoms with Crippen LogP contribution in [-0.4, -0.2) is 5.97 Å². The SMILES string of the molecule is C[C@@H](OC(=O)C(c1ccccc1)c1ccccc1)c1ccccc1. The van der Waals surface area contributed by atoms with Crippen molar-refractivity contribution < 1.29 is 9.53 Å². The van der Waals surface area contributed by atoms with Crippen LogP contribution < -0.4 is 0 Å². The zero-order chi connectivity index (χ0) is 16.8. The van der Waals surface area contributed by atoms with Crippen molar-refractivity contribution in [3.8, 4) is 0 Å². The molecular formula is C22H20O2. The molecule has 0 radical (unpaired) electrons. The Bertz CT molecular complexity index is 727. The van der Waals surface area contributed by atoms with Crippen LogP contribution in [0.25, 0.3) is 0 Å². The van der Waals surface area contributed by atoms with Gasteiger partial charge in [0.25, 0.3) is 0 Å². The molecule has 3 aromatic rings. The van der Waals surface area contributed by atoms with E-state index in [1.165, 1.54) is 0 Å². The van der Waals surface area contributed by atoms with Gasteiger partial charge in [-0.2, -0.15) is 0 Å². The van der Waals surface area contributed by atoms with Crippen molar-refractivity contribution in [2.45, 2.75) is 18.9 Å². The van der Waals surface area contributed by atoms with Crippen molar-refractivity contribution in [1.82, 2.24) is 0 Å². The molecule has 0 aliphatic carbocycles. The molecule has 0 aromatic heterocycles. The highest BCUT2D eigenvalue weighted by atomic mass is 16.5. The van der Waals surface area contributed by atoms with Gasteiger partial charge in [0.15, 0.2) is 0 Å². The lowest BCUT2D eigenvalue weighted by Gasteiger charge is -2.20. The second-order valence-corrected chi connectivity index (χ2v) is 5.74. The molecule has 0 unspecified atom stereocenters. The summed E-state index contributed by atoms with van der Waals surface area (Å²) in [5.74, 6) is -0.651. The maximum atomic E-state index is 12.9. The van der Waals surface area contributed by atoms with Gasteiger partial charge in [0.1, 0.15) is 12.0 Å². The van der Waals surface area contributed by atoms with E-state index in [-0.39, 0.29) is 12.1 Å². The van der Waals surface area contributed by atoms with Crippen LogP contribution in [0.2, 0.25) is 0 Å². The smallest absolute Gasteiger partial charge is 0.318 e. The van der Waals surface area contributed by atoms with Crippen LogP contribution in [0.5, 0.6) is 0 Å². The van der Waals surface area contributed by atoms with E-state index in [2.05, 4.69) is 0 Å². The molecule has 3 rings (SSSR count). The second-order valence-electron chi connectivity index (χ2n) is 5.74. The van der Waals surface area contributed by atoms with Crippen molar-refractivity contribution in [3.05, 3.63) is 108 Å². The minimum absolute atomic E-state index is 0.233. The summed E-state index contributed by atoms with van der Waals surface area (Å²) in [6.07, 6.45) is -0.284. The topological polar surface area (TPSA) is 26.3 Å². The number of benzene rings is 3. The van der Waals surface area contributed by atoms with Crippen LogP contribution in [0, 0.1) is 0 Å². The van der Waals surface area contributed by atoms with E-state index in [1.807, 2.05) is 97.9 Å². The van der Waals surface area contributed by atoms with E-state index < -0.39 is 5.92 Å². The maximum absolute atomic E-state index is 12.9. The van der Waals surface area contributed by atoms with Crippen molar-refractivity contribution in [2.24, 2.45) is 0 Å². The molecule has 0 N–H and O–H groups in total. The van der Waals surface area contributed by atoms with Crippen molar-refractivity contribution in [2.75, 3.05) is 0 Å². The van der Waals surface area contributed by atoms with Gasteiger partial charge < -0.3 is 4.74 Å². The van der Waals surface area contributed by atoms with Gasteiger partial charge in [-0.3, -0.25) is 4.79 Å². The third-order valence-corrected chi connectivity index (χ3v) is 4.06. The van der Waals surface area contributed by atoms with E-state index in [0.29, 0.717) is 0 Å². The molecule has 2 heteroatoms. The zero-order valence-corrected chi connectivity index (χ0v) is 13.6. The first-order chi connectivity index (χ1) is 11.8. The van der Waals surface area contributed by atoms with Gasteiger partial charge in [-0.05, 0) is 23.6 Å². The third-order valence-electron chi connectivity index (χ3n) is 4.06. The fourth-order valence-electron chi connectivity index (χ4n) is 2.79. The van der Waals surface area contributed by atoms with Gasteiger partial charge in [0.2, 0.25) is 0 Å². The summed E-state index contributed by atoms with van der Waals surface area (Å²) < 4.78 is 5.77. The summed E-state index contributed by atoms with van der Waals surface area (Å²) in [6, 6.07) is 29.3. The maximum Gasteiger partial charge on any atom is 0.318 e. The second kappa shape index (κ2) is 7.60. The summed E-state index contributed by atoms with van der Waals surface area (Å²) in [6.45, 7) is 1.90. The van der Waals surface area contributed by atoms with Crippen LogP contribution >= 0.6 is 0 Å². The molecule has 120 valence electrons. The Hall–Kier alpha value is -2.87. The quantitative estimate of drug-likeness (QED) is 0.610. The lowest BCUT2D eigenvalue weighted by molar-refractivity contribution is -0.149. The van der Waals surface area contributed by atoms with Gasteiger partial charge in [-0.15, -0.1) is 0 Å². The van der Waals surface area contributed by atoms with Crippen molar-refractivity contribution >= 4 is 5.97 Å². The molecule has 0 spiro atoms. The standard InChI is InChI=1S/C22H20O2/c1-17(18-11-5-2-6-12-18)24-22(23)21(19-13-7-3-8-14-19)20-15-9-4-10-16-20/h2-17,21H,1H3/t17-/m1/s1. The molecule has 24 heavy (non-hydrogen) atoms. The number of hydrogen-bond acceptors (Lipinski definition) is 2. The highest BCUT2D eigenvalue weighted by molar-refractivity contribution is 5.82. The van der Waals surface area contributed by atoms with Gasteiger partial charge in [0, 0.05) is 0 Å². The van der Waals surface area contributed by atoms with Gasteiger partial charge >= 0.3 is 5.97 Å². The molecule has 2 nitrogen and oxygen atoms in total. The average molecular weight is 316 g/mol. The van der Waals surface area contributed by atoms with E-state index in [1.54, 1.807) is 0 Å². The minimum atomic E-state index is -0.418. The molecule has 3 aromatic carbocycles. The van der Waals surface area contributed by atoms with Crippen LogP contribution in [0.15, 0.2) is 91.0 Å². The predicted molar refractivity (Wildman–Crippen MR) is 95.7 cm³/mol. The van der Waals surface area contributed by atoms with Crippen LogP contribution in [0.1, 0.15) is 35.6 Å². The molecular weight excluding hydrogens is 296 g/mol. The lowest BCUT2D eigenvalue weighted by atomic mass is 9.91. The lowest BCUT2D eigenvalue weighted by Crippen LogP contribution is -2.19. The summed E-state index contributed by atoms with van der Waals surface area (Å²) in [7, 11) is 0. The number of ether oxygens (including phenoxy) is 1.